The van der Waals surface area contributed by atoms with Crippen molar-refractivity contribution in [1.82, 2.24) is 0 Å². The number of para-hydroxylation sites is 2. The van der Waals surface area contributed by atoms with E-state index >= 15 is 0 Å². The summed E-state index contributed by atoms with van der Waals surface area (Å²) in [5.74, 6) is 1.04. The lowest BCUT2D eigenvalue weighted by atomic mass is 9.97. The highest BCUT2D eigenvalue weighted by molar-refractivity contribution is 6.24. The molecule has 5 heteroatoms. The van der Waals surface area contributed by atoms with Crippen molar-refractivity contribution in [2.45, 2.75) is 6.54 Å². The lowest BCUT2D eigenvalue weighted by Crippen LogP contribution is -2.06. The number of benzene rings is 8. The summed E-state index contributed by atoms with van der Waals surface area (Å²) in [5.41, 5.74) is 7.97. The van der Waals surface area contributed by atoms with Crippen LogP contribution in [0, 0.1) is 0 Å². The number of nitrogens with zero attached hydrogens (tertiary/aromatic N) is 3. The summed E-state index contributed by atoms with van der Waals surface area (Å²) in [6, 6.07) is 56.2. The zero-order valence-electron chi connectivity index (χ0n) is 28.7. The third-order valence-corrected chi connectivity index (χ3v) is 10.1. The van der Waals surface area contributed by atoms with Crippen molar-refractivity contribution < 1.29 is 8.83 Å². The molecule has 0 fully saturated rings. The van der Waals surface area contributed by atoms with Gasteiger partial charge in [0.2, 0.25) is 0 Å². The Hall–Kier alpha value is -7.11. The Labute approximate surface area is 304 Å². The SMILES string of the molecule is C=N/C(=N\C(=N/Cc1ccc2ccccc2c1)c1ccc2ccccc2c1)c1ccc(-c2ccc3c(c2)oc2ccccc23)c2oc3ccccc3c12. The molecule has 250 valence electrons. The summed E-state index contributed by atoms with van der Waals surface area (Å²) in [7, 11) is 0. The largest absolute Gasteiger partial charge is 0.456 e. The van der Waals surface area contributed by atoms with Crippen LogP contribution in [0.1, 0.15) is 16.7 Å². The van der Waals surface area contributed by atoms with E-state index in [-0.39, 0.29) is 0 Å². The second kappa shape index (κ2) is 12.6. The summed E-state index contributed by atoms with van der Waals surface area (Å²) in [6.07, 6.45) is 0. The smallest absolute Gasteiger partial charge is 0.161 e. The van der Waals surface area contributed by atoms with E-state index in [4.69, 9.17) is 18.8 Å². The highest BCUT2D eigenvalue weighted by Gasteiger charge is 2.20. The normalized spacial score (nSPS) is 12.5. The lowest BCUT2D eigenvalue weighted by molar-refractivity contribution is 0.668. The average Bonchev–Trinajstić information content (AvgIpc) is 3.79. The lowest BCUT2D eigenvalue weighted by Gasteiger charge is -2.10. The van der Waals surface area contributed by atoms with E-state index in [1.807, 2.05) is 48.5 Å². The van der Waals surface area contributed by atoms with E-state index in [0.717, 1.165) is 82.5 Å². The first-order chi connectivity index (χ1) is 26.2. The van der Waals surface area contributed by atoms with Crippen molar-refractivity contribution >= 4 is 83.8 Å². The van der Waals surface area contributed by atoms with Crippen LogP contribution in [0.3, 0.4) is 0 Å². The molecule has 5 nitrogen and oxygen atoms in total. The number of aliphatic imine (C=N–C) groups is 3. The molecule has 10 rings (SSSR count). The monoisotopic (exact) mass is 681 g/mol. The maximum Gasteiger partial charge on any atom is 0.161 e. The molecule has 0 aliphatic heterocycles. The number of hydrogen-bond acceptors (Lipinski definition) is 3. The Morgan fingerprint density at radius 1 is 0.509 bits per heavy atom. The van der Waals surface area contributed by atoms with Crippen LogP contribution in [-0.2, 0) is 6.54 Å². The molecule has 0 amide bonds. The van der Waals surface area contributed by atoms with Crippen LogP contribution in [0.4, 0.5) is 0 Å². The molecule has 0 saturated carbocycles. The van der Waals surface area contributed by atoms with Gasteiger partial charge in [-0.3, -0.25) is 4.99 Å². The standard InChI is InChI=1S/C48H31N3O2/c1-49-48(51-47(36-21-20-32-11-3-5-13-34(32)27-36)50-29-30-18-19-31-10-2-4-12-33(31)26-30)41-25-24-37(46-45(41)40-15-7-9-17-43(40)53-46)35-22-23-39-38-14-6-8-16-42(38)52-44(39)28-35/h2-28H,1,29H2/b50-47-,51-48-. The number of hydrogen-bond donors (Lipinski definition) is 0. The Kier molecular flexibility index (Phi) is 7.29. The van der Waals surface area contributed by atoms with Crippen molar-refractivity contribution in [3.05, 3.63) is 180 Å². The van der Waals surface area contributed by atoms with Crippen molar-refractivity contribution in [3.63, 3.8) is 0 Å². The van der Waals surface area contributed by atoms with Gasteiger partial charge in [-0.25, -0.2) is 9.98 Å². The molecule has 0 atom stereocenters. The number of furan rings is 2. The molecule has 0 N–H and O–H groups in total. The average molecular weight is 682 g/mol. The second-order valence-electron chi connectivity index (χ2n) is 13.2. The van der Waals surface area contributed by atoms with Crippen molar-refractivity contribution in [3.8, 4) is 11.1 Å². The Balaban J connectivity index is 1.14. The molecule has 2 heterocycles. The molecule has 0 aliphatic rings. The third-order valence-electron chi connectivity index (χ3n) is 10.1. The zero-order chi connectivity index (χ0) is 35.3. The van der Waals surface area contributed by atoms with Gasteiger partial charge in [0.25, 0.3) is 0 Å². The van der Waals surface area contributed by atoms with E-state index in [2.05, 4.69) is 127 Å². The molecule has 0 unspecified atom stereocenters. The Morgan fingerprint density at radius 3 is 1.96 bits per heavy atom. The van der Waals surface area contributed by atoms with E-state index in [9.17, 15) is 0 Å². The van der Waals surface area contributed by atoms with Crippen molar-refractivity contribution in [1.29, 1.82) is 0 Å². The molecule has 2 aromatic heterocycles. The summed E-state index contributed by atoms with van der Waals surface area (Å²) < 4.78 is 12.9. The van der Waals surface area contributed by atoms with Crippen LogP contribution in [0.25, 0.3) is 76.5 Å². The zero-order valence-corrected chi connectivity index (χ0v) is 28.7. The van der Waals surface area contributed by atoms with Gasteiger partial charge >= 0.3 is 0 Å². The van der Waals surface area contributed by atoms with Crippen LogP contribution < -0.4 is 0 Å². The molecule has 10 aromatic rings. The molecule has 0 bridgehead atoms. The van der Waals surface area contributed by atoms with E-state index in [0.29, 0.717) is 18.2 Å². The molecule has 0 saturated heterocycles. The maximum absolute atomic E-state index is 6.64. The number of rotatable bonds is 5. The Morgan fingerprint density at radius 2 is 1.17 bits per heavy atom. The third kappa shape index (κ3) is 5.38. The predicted octanol–water partition coefficient (Wildman–Crippen LogP) is 12.6. The molecule has 8 aromatic carbocycles. The van der Waals surface area contributed by atoms with Gasteiger partial charge in [-0.15, -0.1) is 0 Å². The number of fused-ring (bicyclic) bond motifs is 8. The first-order valence-electron chi connectivity index (χ1n) is 17.6. The van der Waals surface area contributed by atoms with Crippen LogP contribution in [0.2, 0.25) is 0 Å². The fourth-order valence-corrected chi connectivity index (χ4v) is 7.44. The van der Waals surface area contributed by atoms with Crippen LogP contribution in [-0.4, -0.2) is 18.4 Å². The summed E-state index contributed by atoms with van der Waals surface area (Å²) >= 11 is 0. The number of amidine groups is 2. The first-order valence-corrected chi connectivity index (χ1v) is 17.6. The van der Waals surface area contributed by atoms with Gasteiger partial charge in [-0.05, 0) is 87.9 Å². The summed E-state index contributed by atoms with van der Waals surface area (Å²) in [5, 5.41) is 8.71. The van der Waals surface area contributed by atoms with Crippen LogP contribution in [0.15, 0.2) is 188 Å². The second-order valence-corrected chi connectivity index (χ2v) is 13.2. The quantitative estimate of drug-likeness (QED) is 0.134. The molecule has 53 heavy (non-hydrogen) atoms. The fraction of sp³-hybridized carbons (Fsp3) is 0.0208. The van der Waals surface area contributed by atoms with E-state index in [1.54, 1.807) is 0 Å². The van der Waals surface area contributed by atoms with Gasteiger partial charge in [-0.1, -0.05) is 115 Å². The molecular weight excluding hydrogens is 651 g/mol. The van der Waals surface area contributed by atoms with Gasteiger partial charge in [0.05, 0.1) is 6.54 Å². The minimum Gasteiger partial charge on any atom is -0.456 e. The van der Waals surface area contributed by atoms with Crippen LogP contribution in [0.5, 0.6) is 0 Å². The first kappa shape index (κ1) is 30.7. The maximum atomic E-state index is 6.64. The summed E-state index contributed by atoms with van der Waals surface area (Å²) in [6.45, 7) is 4.47. The molecule has 0 radical (unpaired) electrons. The van der Waals surface area contributed by atoms with Crippen LogP contribution >= 0.6 is 0 Å². The highest BCUT2D eigenvalue weighted by atomic mass is 16.3. The van der Waals surface area contributed by atoms with Gasteiger partial charge < -0.3 is 8.83 Å². The van der Waals surface area contributed by atoms with E-state index in [1.165, 1.54) is 10.8 Å². The highest BCUT2D eigenvalue weighted by Crippen LogP contribution is 2.40. The van der Waals surface area contributed by atoms with Gasteiger partial charge in [0.1, 0.15) is 22.3 Å². The molecule has 0 aliphatic carbocycles. The topological polar surface area (TPSA) is 63.4 Å². The van der Waals surface area contributed by atoms with Gasteiger partial charge in [0.15, 0.2) is 11.7 Å². The molecular formula is C48H31N3O2. The molecule has 0 spiro atoms. The van der Waals surface area contributed by atoms with E-state index < -0.39 is 0 Å². The summed E-state index contributed by atoms with van der Waals surface area (Å²) in [4.78, 5) is 14.9. The van der Waals surface area contributed by atoms with Crippen molar-refractivity contribution in [2.75, 3.05) is 0 Å². The van der Waals surface area contributed by atoms with Gasteiger partial charge in [-0.2, -0.15) is 0 Å². The minimum absolute atomic E-state index is 0.453. The minimum atomic E-state index is 0.453. The van der Waals surface area contributed by atoms with Crippen molar-refractivity contribution in [2.24, 2.45) is 15.0 Å². The predicted molar refractivity (Wildman–Crippen MR) is 221 cm³/mol. The Bertz CT molecular complexity index is 3130. The van der Waals surface area contributed by atoms with Gasteiger partial charge in [0, 0.05) is 38.2 Å². The fourth-order valence-electron chi connectivity index (χ4n) is 7.44.